The highest BCUT2D eigenvalue weighted by Gasteiger charge is 2.17. The van der Waals surface area contributed by atoms with Gasteiger partial charge in [0, 0.05) is 17.1 Å². The van der Waals surface area contributed by atoms with Crippen LogP contribution >= 0.6 is 11.8 Å². The zero-order chi connectivity index (χ0) is 9.26. The summed E-state index contributed by atoms with van der Waals surface area (Å²) in [7, 11) is 1.95. The van der Waals surface area contributed by atoms with E-state index in [1.165, 1.54) is 10.5 Å². The molecular formula is C9H13N3S. The Balaban J connectivity index is 2.24. The molecule has 0 saturated carbocycles. The summed E-state index contributed by atoms with van der Waals surface area (Å²) in [6.07, 6.45) is 0. The number of nitrogens with one attached hydrogen (secondary N) is 2. The van der Waals surface area contributed by atoms with E-state index >= 15 is 0 Å². The molecule has 4 N–H and O–H groups in total. The summed E-state index contributed by atoms with van der Waals surface area (Å²) >= 11 is 1.67. The van der Waals surface area contributed by atoms with E-state index in [4.69, 9.17) is 5.73 Å². The van der Waals surface area contributed by atoms with Gasteiger partial charge in [0.05, 0.1) is 0 Å². The van der Waals surface area contributed by atoms with Crippen molar-refractivity contribution < 1.29 is 0 Å². The Bertz CT molecular complexity index is 314. The highest BCUT2D eigenvalue weighted by Crippen LogP contribution is 2.36. The molecule has 1 heterocycles. The summed E-state index contributed by atoms with van der Waals surface area (Å²) in [5, 5.41) is 6.31. The average Bonchev–Trinajstić information content (AvgIpc) is 2.44. The van der Waals surface area contributed by atoms with Crippen LogP contribution in [0.4, 0.5) is 5.69 Å². The molecule has 0 saturated heterocycles. The summed E-state index contributed by atoms with van der Waals surface area (Å²) in [5.74, 6) is 0. The third-order valence-electron chi connectivity index (χ3n) is 1.98. The second-order valence-corrected chi connectivity index (χ2v) is 4.23. The van der Waals surface area contributed by atoms with Gasteiger partial charge < -0.3 is 16.4 Å². The van der Waals surface area contributed by atoms with Crippen molar-refractivity contribution in [1.29, 1.82) is 0 Å². The topological polar surface area (TPSA) is 50.1 Å². The van der Waals surface area contributed by atoms with Crippen LogP contribution in [0.15, 0.2) is 23.1 Å². The zero-order valence-corrected chi connectivity index (χ0v) is 8.32. The van der Waals surface area contributed by atoms with Crippen LogP contribution in [0, 0.1) is 0 Å². The summed E-state index contributed by atoms with van der Waals surface area (Å²) in [6, 6.07) is 6.37. The van der Waals surface area contributed by atoms with Crippen molar-refractivity contribution in [2.24, 2.45) is 5.73 Å². The van der Waals surface area contributed by atoms with Crippen molar-refractivity contribution in [2.75, 3.05) is 12.4 Å². The largest absolute Gasteiger partial charge is 0.360 e. The standard InChI is InChI=1S/C9H13N3S/c1-11-5-6-2-3-7-8(4-6)13-9(10)12-7/h2-4,9,11-12H,5,10H2,1H3. The third-order valence-corrected chi connectivity index (χ3v) is 2.94. The lowest BCUT2D eigenvalue weighted by molar-refractivity contribution is 0.816. The summed E-state index contributed by atoms with van der Waals surface area (Å²) in [4.78, 5) is 1.25. The van der Waals surface area contributed by atoms with Crippen LogP contribution < -0.4 is 16.4 Å². The smallest absolute Gasteiger partial charge is 0.127 e. The number of fused-ring (bicyclic) bond motifs is 1. The van der Waals surface area contributed by atoms with Gasteiger partial charge in [-0.1, -0.05) is 17.8 Å². The van der Waals surface area contributed by atoms with E-state index in [0.717, 1.165) is 12.2 Å². The van der Waals surface area contributed by atoms with Gasteiger partial charge in [0.25, 0.3) is 0 Å². The van der Waals surface area contributed by atoms with Gasteiger partial charge >= 0.3 is 0 Å². The number of anilines is 1. The van der Waals surface area contributed by atoms with Crippen molar-refractivity contribution in [2.45, 2.75) is 16.9 Å². The second-order valence-electron chi connectivity index (χ2n) is 3.04. The van der Waals surface area contributed by atoms with E-state index in [0.29, 0.717) is 0 Å². The fraction of sp³-hybridized carbons (Fsp3) is 0.333. The van der Waals surface area contributed by atoms with Crippen molar-refractivity contribution >= 4 is 17.4 Å². The molecule has 0 aliphatic carbocycles. The van der Waals surface area contributed by atoms with Crippen molar-refractivity contribution in [1.82, 2.24) is 5.32 Å². The second kappa shape index (κ2) is 3.57. The van der Waals surface area contributed by atoms with Gasteiger partial charge in [-0.3, -0.25) is 0 Å². The van der Waals surface area contributed by atoms with Crippen LogP contribution in [0.25, 0.3) is 0 Å². The molecule has 13 heavy (non-hydrogen) atoms. The van der Waals surface area contributed by atoms with Gasteiger partial charge in [-0.05, 0) is 24.7 Å². The first-order chi connectivity index (χ1) is 6.29. The van der Waals surface area contributed by atoms with E-state index in [-0.39, 0.29) is 5.50 Å². The molecule has 0 aromatic heterocycles. The maximum absolute atomic E-state index is 5.75. The molecule has 2 rings (SSSR count). The number of rotatable bonds is 2. The van der Waals surface area contributed by atoms with E-state index in [9.17, 15) is 0 Å². The SMILES string of the molecule is CNCc1ccc2c(c1)SC(N)N2. The quantitative estimate of drug-likeness (QED) is 0.663. The minimum Gasteiger partial charge on any atom is -0.360 e. The van der Waals surface area contributed by atoms with Crippen molar-refractivity contribution in [3.05, 3.63) is 23.8 Å². The number of benzene rings is 1. The Labute approximate surface area is 82.1 Å². The fourth-order valence-corrected chi connectivity index (χ4v) is 2.35. The van der Waals surface area contributed by atoms with Crippen LogP contribution in [0.5, 0.6) is 0 Å². The fourth-order valence-electron chi connectivity index (χ4n) is 1.42. The molecule has 1 aromatic rings. The van der Waals surface area contributed by atoms with Crippen LogP contribution in [0.2, 0.25) is 0 Å². The van der Waals surface area contributed by atoms with Gasteiger partial charge in [0.1, 0.15) is 5.50 Å². The molecule has 0 bridgehead atoms. The minimum atomic E-state index is 0.0137. The third kappa shape index (κ3) is 1.80. The van der Waals surface area contributed by atoms with Crippen LogP contribution in [-0.4, -0.2) is 12.5 Å². The van der Waals surface area contributed by atoms with Crippen LogP contribution in [0.1, 0.15) is 5.56 Å². The van der Waals surface area contributed by atoms with E-state index < -0.39 is 0 Å². The van der Waals surface area contributed by atoms with E-state index in [2.05, 4.69) is 28.8 Å². The maximum Gasteiger partial charge on any atom is 0.127 e. The summed E-state index contributed by atoms with van der Waals surface area (Å²) in [6.45, 7) is 0.906. The highest BCUT2D eigenvalue weighted by molar-refractivity contribution is 8.00. The average molecular weight is 195 g/mol. The molecule has 0 spiro atoms. The predicted molar refractivity (Wildman–Crippen MR) is 56.7 cm³/mol. The molecule has 1 aliphatic rings. The lowest BCUT2D eigenvalue weighted by Gasteiger charge is -2.02. The molecule has 1 aliphatic heterocycles. The Morgan fingerprint density at radius 2 is 2.46 bits per heavy atom. The van der Waals surface area contributed by atoms with Crippen molar-refractivity contribution in [3.63, 3.8) is 0 Å². The number of thioether (sulfide) groups is 1. The maximum atomic E-state index is 5.75. The lowest BCUT2D eigenvalue weighted by atomic mass is 10.2. The number of hydrogen-bond donors (Lipinski definition) is 3. The molecule has 0 radical (unpaired) electrons. The summed E-state index contributed by atoms with van der Waals surface area (Å²) in [5.41, 5.74) is 8.21. The molecule has 70 valence electrons. The van der Waals surface area contributed by atoms with Gasteiger partial charge in [-0.25, -0.2) is 0 Å². The molecule has 0 fully saturated rings. The first-order valence-corrected chi connectivity index (χ1v) is 5.14. The van der Waals surface area contributed by atoms with Gasteiger partial charge in [-0.2, -0.15) is 0 Å². The molecule has 0 amide bonds. The predicted octanol–water partition coefficient (Wildman–Crippen LogP) is 1.17. The molecule has 1 aromatic carbocycles. The Hall–Kier alpha value is -0.710. The Kier molecular flexibility index (Phi) is 2.44. The van der Waals surface area contributed by atoms with Crippen LogP contribution in [0.3, 0.4) is 0 Å². The molecule has 3 nitrogen and oxygen atoms in total. The molecular weight excluding hydrogens is 182 g/mol. The van der Waals surface area contributed by atoms with Crippen molar-refractivity contribution in [3.8, 4) is 0 Å². The van der Waals surface area contributed by atoms with Gasteiger partial charge in [0.15, 0.2) is 0 Å². The van der Waals surface area contributed by atoms with Crippen LogP contribution in [-0.2, 0) is 6.54 Å². The Morgan fingerprint density at radius 1 is 1.62 bits per heavy atom. The number of hydrogen-bond acceptors (Lipinski definition) is 4. The Morgan fingerprint density at radius 3 is 3.23 bits per heavy atom. The van der Waals surface area contributed by atoms with Gasteiger partial charge in [0.2, 0.25) is 0 Å². The lowest BCUT2D eigenvalue weighted by Crippen LogP contribution is -2.20. The number of nitrogens with two attached hydrogens (primary N) is 1. The normalized spacial score (nSPS) is 19.7. The van der Waals surface area contributed by atoms with Gasteiger partial charge in [-0.15, -0.1) is 0 Å². The molecule has 1 unspecified atom stereocenters. The van der Waals surface area contributed by atoms with E-state index in [1.54, 1.807) is 11.8 Å². The highest BCUT2D eigenvalue weighted by atomic mass is 32.2. The monoisotopic (exact) mass is 195 g/mol. The first-order valence-electron chi connectivity index (χ1n) is 4.26. The molecule has 1 atom stereocenters. The molecule has 4 heteroatoms. The first kappa shape index (κ1) is 8.87. The minimum absolute atomic E-state index is 0.0137. The van der Waals surface area contributed by atoms with E-state index in [1.807, 2.05) is 7.05 Å². The summed E-state index contributed by atoms with van der Waals surface area (Å²) < 4.78 is 0. The zero-order valence-electron chi connectivity index (χ0n) is 7.50.